The van der Waals surface area contributed by atoms with Gasteiger partial charge in [0.05, 0.1) is 24.8 Å². The first-order valence-corrected chi connectivity index (χ1v) is 12.3. The Morgan fingerprint density at radius 1 is 1.00 bits per heavy atom. The van der Waals surface area contributed by atoms with Crippen LogP contribution in [0.15, 0.2) is 35.2 Å². The first-order valence-electron chi connectivity index (χ1n) is 10.8. The molecular formula is C24H32N2O5S. The van der Waals surface area contributed by atoms with E-state index in [0.29, 0.717) is 24.4 Å². The third-order valence-corrected chi connectivity index (χ3v) is 7.40. The predicted molar refractivity (Wildman–Crippen MR) is 125 cm³/mol. The van der Waals surface area contributed by atoms with Gasteiger partial charge in [0.25, 0.3) is 0 Å². The molecule has 7 nitrogen and oxygen atoms in total. The second kappa shape index (κ2) is 9.50. The van der Waals surface area contributed by atoms with Gasteiger partial charge in [-0.25, -0.2) is 13.1 Å². The van der Waals surface area contributed by atoms with E-state index in [4.69, 9.17) is 9.47 Å². The first kappa shape index (κ1) is 24.1. The molecule has 0 radical (unpaired) electrons. The fourth-order valence-electron chi connectivity index (χ4n) is 4.13. The summed E-state index contributed by atoms with van der Waals surface area (Å²) in [4.78, 5) is 13.9. The molecule has 1 aliphatic rings. The Kier molecular flexibility index (Phi) is 7.15. The zero-order chi connectivity index (χ0) is 23.6. The lowest BCUT2D eigenvalue weighted by Crippen LogP contribution is -2.28. The van der Waals surface area contributed by atoms with Gasteiger partial charge >= 0.3 is 0 Å². The normalized spacial score (nSPS) is 15.3. The van der Waals surface area contributed by atoms with Crippen LogP contribution in [0.4, 0.5) is 5.69 Å². The van der Waals surface area contributed by atoms with Crippen LogP contribution >= 0.6 is 0 Å². The molecule has 2 aromatic carbocycles. The maximum absolute atomic E-state index is 13.2. The molecule has 2 aromatic rings. The molecule has 32 heavy (non-hydrogen) atoms. The van der Waals surface area contributed by atoms with E-state index in [2.05, 4.69) is 18.6 Å². The van der Waals surface area contributed by atoms with Crippen molar-refractivity contribution in [2.45, 2.75) is 57.4 Å². The fourth-order valence-corrected chi connectivity index (χ4v) is 5.37. The number of anilines is 1. The summed E-state index contributed by atoms with van der Waals surface area (Å²) in [7, 11) is -0.698. The number of hydrogen-bond donors (Lipinski definition) is 1. The summed E-state index contributed by atoms with van der Waals surface area (Å²) in [6.45, 7) is 8.46. The van der Waals surface area contributed by atoms with Crippen LogP contribution in [0.3, 0.4) is 0 Å². The summed E-state index contributed by atoms with van der Waals surface area (Å²) in [5.74, 6) is 1.47. The van der Waals surface area contributed by atoms with Crippen LogP contribution in [0.25, 0.3) is 0 Å². The molecule has 1 heterocycles. The first-order chi connectivity index (χ1) is 15.1. The van der Waals surface area contributed by atoms with Crippen molar-refractivity contribution in [2.75, 3.05) is 25.7 Å². The van der Waals surface area contributed by atoms with E-state index in [1.54, 1.807) is 18.1 Å². The Bertz CT molecular complexity index is 1110. The molecule has 0 aromatic heterocycles. The molecule has 1 fully saturated rings. The number of rotatable bonds is 8. The third kappa shape index (κ3) is 4.76. The molecule has 1 saturated heterocycles. The van der Waals surface area contributed by atoms with E-state index >= 15 is 0 Å². The van der Waals surface area contributed by atoms with E-state index in [9.17, 15) is 13.2 Å². The Hall–Kier alpha value is -2.58. The lowest BCUT2D eigenvalue weighted by molar-refractivity contribution is -0.117. The number of sulfonamides is 1. The maximum Gasteiger partial charge on any atom is 0.241 e. The highest BCUT2D eigenvalue weighted by Gasteiger charge is 2.27. The number of amides is 1. The van der Waals surface area contributed by atoms with Crippen LogP contribution in [0.1, 0.15) is 62.3 Å². The number of carbonyl (C=O) groups is 1. The van der Waals surface area contributed by atoms with Gasteiger partial charge in [-0.1, -0.05) is 13.8 Å². The van der Waals surface area contributed by atoms with Crippen molar-refractivity contribution in [3.05, 3.63) is 47.0 Å². The van der Waals surface area contributed by atoms with Crippen LogP contribution < -0.4 is 19.1 Å². The molecular weight excluding hydrogens is 428 g/mol. The molecule has 0 spiro atoms. The van der Waals surface area contributed by atoms with Crippen molar-refractivity contribution in [3.8, 4) is 11.5 Å². The molecule has 0 bridgehead atoms. The highest BCUT2D eigenvalue weighted by Crippen LogP contribution is 2.35. The standard InChI is InChI=1S/C24H32N2O5S/c1-15(2)19-14-20(16(3)12-23(19)31-6)17(4)25-32(28,29)18-9-10-22(30-5)21(13-18)26-11-7-8-24(26)27/h9-10,12-15,17,25H,7-8,11H2,1-6H3/t17-/m1/s1. The Labute approximate surface area is 190 Å². The van der Waals surface area contributed by atoms with Gasteiger partial charge in [0.1, 0.15) is 11.5 Å². The SMILES string of the molecule is COc1cc(C)c([C@@H](C)NS(=O)(=O)c2ccc(OC)c(N3CCCC3=O)c2)cc1C(C)C. The van der Waals surface area contributed by atoms with Gasteiger partial charge in [-0.3, -0.25) is 4.79 Å². The van der Waals surface area contributed by atoms with Crippen molar-refractivity contribution < 1.29 is 22.7 Å². The molecule has 8 heteroatoms. The zero-order valence-electron chi connectivity index (χ0n) is 19.6. The van der Waals surface area contributed by atoms with Crippen molar-refractivity contribution in [1.82, 2.24) is 4.72 Å². The highest BCUT2D eigenvalue weighted by molar-refractivity contribution is 7.89. The van der Waals surface area contributed by atoms with Gasteiger partial charge in [-0.05, 0) is 73.2 Å². The third-order valence-electron chi connectivity index (χ3n) is 5.86. The average molecular weight is 461 g/mol. The second-order valence-electron chi connectivity index (χ2n) is 8.43. The highest BCUT2D eigenvalue weighted by atomic mass is 32.2. The zero-order valence-corrected chi connectivity index (χ0v) is 20.4. The topological polar surface area (TPSA) is 84.9 Å². The van der Waals surface area contributed by atoms with Crippen LogP contribution in [-0.2, 0) is 14.8 Å². The minimum atomic E-state index is -3.84. The molecule has 0 aliphatic carbocycles. The van der Waals surface area contributed by atoms with E-state index in [0.717, 1.165) is 28.9 Å². The average Bonchev–Trinajstić information content (AvgIpc) is 3.17. The van der Waals surface area contributed by atoms with E-state index in [-0.39, 0.29) is 16.7 Å². The van der Waals surface area contributed by atoms with Gasteiger partial charge in [0.2, 0.25) is 15.9 Å². The van der Waals surface area contributed by atoms with E-state index in [1.165, 1.54) is 19.2 Å². The Morgan fingerprint density at radius 2 is 1.69 bits per heavy atom. The number of carbonyl (C=O) groups excluding carboxylic acids is 1. The van der Waals surface area contributed by atoms with Crippen LogP contribution in [0, 0.1) is 6.92 Å². The lowest BCUT2D eigenvalue weighted by atomic mass is 9.94. The van der Waals surface area contributed by atoms with Crippen LogP contribution in [-0.4, -0.2) is 35.1 Å². The molecule has 1 aliphatic heterocycles. The number of hydrogen-bond acceptors (Lipinski definition) is 5. The van der Waals surface area contributed by atoms with Gasteiger partial charge in [0, 0.05) is 19.0 Å². The molecule has 0 saturated carbocycles. The summed E-state index contributed by atoms with van der Waals surface area (Å²) < 4.78 is 40.1. The monoisotopic (exact) mass is 460 g/mol. The van der Waals surface area contributed by atoms with E-state index < -0.39 is 16.1 Å². The molecule has 1 amide bonds. The Morgan fingerprint density at radius 3 is 2.25 bits per heavy atom. The van der Waals surface area contributed by atoms with Gasteiger partial charge < -0.3 is 14.4 Å². The lowest BCUT2D eigenvalue weighted by Gasteiger charge is -2.22. The summed E-state index contributed by atoms with van der Waals surface area (Å²) in [5, 5.41) is 0. The number of benzene rings is 2. The number of ether oxygens (including phenoxy) is 2. The summed E-state index contributed by atoms with van der Waals surface area (Å²) in [6.07, 6.45) is 1.19. The molecule has 3 rings (SSSR count). The Balaban J connectivity index is 1.94. The summed E-state index contributed by atoms with van der Waals surface area (Å²) >= 11 is 0. The second-order valence-corrected chi connectivity index (χ2v) is 10.1. The molecule has 0 unspecified atom stereocenters. The number of nitrogens with one attached hydrogen (secondary N) is 1. The minimum absolute atomic E-state index is 0.0331. The maximum atomic E-state index is 13.2. The van der Waals surface area contributed by atoms with Crippen LogP contribution in [0.5, 0.6) is 11.5 Å². The largest absolute Gasteiger partial charge is 0.496 e. The number of nitrogens with zero attached hydrogens (tertiary/aromatic N) is 1. The van der Waals surface area contributed by atoms with E-state index in [1.807, 2.05) is 26.0 Å². The summed E-state index contributed by atoms with van der Waals surface area (Å²) in [6, 6.07) is 8.10. The molecule has 1 atom stereocenters. The van der Waals surface area contributed by atoms with Crippen LogP contribution in [0.2, 0.25) is 0 Å². The quantitative estimate of drug-likeness (QED) is 0.635. The minimum Gasteiger partial charge on any atom is -0.496 e. The van der Waals surface area contributed by atoms with Crippen molar-refractivity contribution in [1.29, 1.82) is 0 Å². The summed E-state index contributed by atoms with van der Waals surface area (Å²) in [5.41, 5.74) is 3.34. The van der Waals surface area contributed by atoms with Crippen molar-refractivity contribution >= 4 is 21.6 Å². The van der Waals surface area contributed by atoms with Crippen molar-refractivity contribution in [3.63, 3.8) is 0 Å². The van der Waals surface area contributed by atoms with Crippen molar-refractivity contribution in [2.24, 2.45) is 0 Å². The smallest absolute Gasteiger partial charge is 0.241 e. The fraction of sp³-hybridized carbons (Fsp3) is 0.458. The van der Waals surface area contributed by atoms with Gasteiger partial charge in [-0.15, -0.1) is 0 Å². The molecule has 1 N–H and O–H groups in total. The molecule has 174 valence electrons. The number of methoxy groups -OCH3 is 2. The van der Waals surface area contributed by atoms with Gasteiger partial charge in [-0.2, -0.15) is 0 Å². The number of aryl methyl sites for hydroxylation is 1. The predicted octanol–water partition coefficient (Wildman–Crippen LogP) is 4.30. The van der Waals surface area contributed by atoms with Gasteiger partial charge in [0.15, 0.2) is 0 Å².